The van der Waals surface area contributed by atoms with Crippen LogP contribution in [0.2, 0.25) is 5.02 Å². The van der Waals surface area contributed by atoms with Crippen molar-refractivity contribution < 1.29 is 26.4 Å². The summed E-state index contributed by atoms with van der Waals surface area (Å²) >= 11 is 5.99. The maximum atomic E-state index is 13.2. The highest BCUT2D eigenvalue weighted by atomic mass is 35.5. The highest BCUT2D eigenvalue weighted by Crippen LogP contribution is 2.27. The van der Waals surface area contributed by atoms with Crippen molar-refractivity contribution in [3.63, 3.8) is 0 Å². The first-order valence-electron chi connectivity index (χ1n) is 10.3. The number of rotatable bonds is 10. The van der Waals surface area contributed by atoms with Crippen LogP contribution in [0.4, 0.5) is 0 Å². The second-order valence-corrected chi connectivity index (χ2v) is 11.2. The van der Waals surface area contributed by atoms with E-state index in [0.717, 1.165) is 5.56 Å². The Kier molecular flexibility index (Phi) is 8.51. The summed E-state index contributed by atoms with van der Waals surface area (Å²) in [6.45, 7) is 0.0389. The standard InChI is InChI=1S/C23H24ClN3O6S2/c1-33-21-12-9-18(24)14-22(21)35(31,32)27-20(13-16-5-3-2-4-6-16)23(28)26-15-17-7-10-19(11-8-17)34(25,29)30/h2-12,14,20,27H,13,15H2,1H3,(H,26,28)(H2,25,29,30)/t20-/m1/s1. The van der Waals surface area contributed by atoms with Gasteiger partial charge in [-0.2, -0.15) is 4.72 Å². The third-order valence-corrected chi connectivity index (χ3v) is 7.69. The van der Waals surface area contributed by atoms with Gasteiger partial charge >= 0.3 is 0 Å². The van der Waals surface area contributed by atoms with E-state index in [1.165, 1.54) is 49.6 Å². The van der Waals surface area contributed by atoms with Crippen LogP contribution in [0.15, 0.2) is 82.6 Å². The van der Waals surface area contributed by atoms with Gasteiger partial charge in [0.15, 0.2) is 0 Å². The monoisotopic (exact) mass is 537 g/mol. The number of benzene rings is 3. The lowest BCUT2D eigenvalue weighted by atomic mass is 10.1. The minimum atomic E-state index is -4.20. The molecule has 0 saturated carbocycles. The van der Waals surface area contributed by atoms with Crippen LogP contribution in [0.3, 0.4) is 0 Å². The highest BCUT2D eigenvalue weighted by molar-refractivity contribution is 7.89. The zero-order chi connectivity index (χ0) is 25.6. The van der Waals surface area contributed by atoms with Crippen LogP contribution < -0.4 is 19.9 Å². The molecule has 9 nitrogen and oxygen atoms in total. The normalized spacial score (nSPS) is 12.7. The van der Waals surface area contributed by atoms with Crippen molar-refractivity contribution in [3.05, 3.63) is 88.9 Å². The van der Waals surface area contributed by atoms with Gasteiger partial charge in [0.05, 0.1) is 12.0 Å². The van der Waals surface area contributed by atoms with Gasteiger partial charge in [0, 0.05) is 11.6 Å². The smallest absolute Gasteiger partial charge is 0.245 e. The Balaban J connectivity index is 1.83. The summed E-state index contributed by atoms with van der Waals surface area (Å²) in [4.78, 5) is 12.8. The van der Waals surface area contributed by atoms with Gasteiger partial charge in [0.25, 0.3) is 0 Å². The van der Waals surface area contributed by atoms with Crippen molar-refractivity contribution in [1.29, 1.82) is 0 Å². The molecule has 35 heavy (non-hydrogen) atoms. The second-order valence-electron chi connectivity index (χ2n) is 7.57. The van der Waals surface area contributed by atoms with Crippen molar-refractivity contribution in [3.8, 4) is 5.75 Å². The Labute approximate surface area is 209 Å². The van der Waals surface area contributed by atoms with E-state index in [1.807, 2.05) is 6.07 Å². The van der Waals surface area contributed by atoms with Crippen LogP contribution in [-0.2, 0) is 37.8 Å². The SMILES string of the molecule is COc1ccc(Cl)cc1S(=O)(=O)N[C@H](Cc1ccccc1)C(=O)NCc1ccc(S(N)(=O)=O)cc1. The molecule has 3 aromatic carbocycles. The molecule has 0 unspecified atom stereocenters. The molecule has 3 aromatic rings. The Morgan fingerprint density at radius 1 is 0.971 bits per heavy atom. The number of carbonyl (C=O) groups is 1. The van der Waals surface area contributed by atoms with Crippen molar-refractivity contribution in [1.82, 2.24) is 10.0 Å². The molecule has 0 bridgehead atoms. The van der Waals surface area contributed by atoms with E-state index in [2.05, 4.69) is 10.0 Å². The van der Waals surface area contributed by atoms with E-state index in [1.54, 1.807) is 24.3 Å². The number of ether oxygens (including phenoxy) is 1. The number of carbonyl (C=O) groups excluding carboxylic acids is 1. The van der Waals surface area contributed by atoms with E-state index in [4.69, 9.17) is 21.5 Å². The van der Waals surface area contributed by atoms with Crippen LogP contribution in [0.1, 0.15) is 11.1 Å². The van der Waals surface area contributed by atoms with E-state index < -0.39 is 32.0 Å². The average Bonchev–Trinajstić information content (AvgIpc) is 2.82. The summed E-state index contributed by atoms with van der Waals surface area (Å²) in [7, 11) is -6.70. The Hall–Kier alpha value is -2.96. The second kappa shape index (κ2) is 11.2. The van der Waals surface area contributed by atoms with E-state index in [9.17, 15) is 21.6 Å². The van der Waals surface area contributed by atoms with E-state index in [-0.39, 0.29) is 33.5 Å². The Morgan fingerprint density at radius 2 is 1.63 bits per heavy atom. The fourth-order valence-corrected chi connectivity index (χ4v) is 5.40. The Morgan fingerprint density at radius 3 is 2.23 bits per heavy atom. The number of halogens is 1. The first-order chi connectivity index (χ1) is 16.5. The molecule has 0 heterocycles. The topological polar surface area (TPSA) is 145 Å². The number of primary sulfonamides is 1. The molecule has 0 radical (unpaired) electrons. The first-order valence-corrected chi connectivity index (χ1v) is 13.7. The summed E-state index contributed by atoms with van der Waals surface area (Å²) in [6, 6.07) is 17.6. The van der Waals surface area contributed by atoms with Gasteiger partial charge in [-0.3, -0.25) is 4.79 Å². The van der Waals surface area contributed by atoms with Gasteiger partial charge in [-0.15, -0.1) is 0 Å². The minimum Gasteiger partial charge on any atom is -0.495 e. The number of nitrogens with one attached hydrogen (secondary N) is 2. The van der Waals surface area contributed by atoms with Crippen LogP contribution in [-0.4, -0.2) is 35.9 Å². The van der Waals surface area contributed by atoms with Crippen LogP contribution in [0, 0.1) is 0 Å². The zero-order valence-corrected chi connectivity index (χ0v) is 21.0. The number of methoxy groups -OCH3 is 1. The molecular weight excluding hydrogens is 514 g/mol. The van der Waals surface area contributed by atoms with Crippen LogP contribution in [0.5, 0.6) is 5.75 Å². The largest absolute Gasteiger partial charge is 0.495 e. The van der Waals surface area contributed by atoms with E-state index >= 15 is 0 Å². The molecule has 3 rings (SSSR count). The number of nitrogens with two attached hydrogens (primary N) is 1. The molecule has 1 amide bonds. The summed E-state index contributed by atoms with van der Waals surface area (Å²) in [5.41, 5.74) is 1.34. The van der Waals surface area contributed by atoms with Gasteiger partial charge in [-0.25, -0.2) is 22.0 Å². The van der Waals surface area contributed by atoms with E-state index in [0.29, 0.717) is 5.56 Å². The van der Waals surface area contributed by atoms with Crippen LogP contribution in [0.25, 0.3) is 0 Å². The molecule has 0 aromatic heterocycles. The molecule has 0 spiro atoms. The predicted molar refractivity (Wildman–Crippen MR) is 132 cm³/mol. The van der Waals surface area contributed by atoms with Gasteiger partial charge in [0.2, 0.25) is 26.0 Å². The molecule has 0 fully saturated rings. The summed E-state index contributed by atoms with van der Waals surface area (Å²) in [6.07, 6.45) is 0.0825. The fourth-order valence-electron chi connectivity index (χ4n) is 3.26. The molecule has 0 aliphatic carbocycles. The van der Waals surface area contributed by atoms with Crippen LogP contribution >= 0.6 is 11.6 Å². The lowest BCUT2D eigenvalue weighted by Crippen LogP contribution is -2.47. The van der Waals surface area contributed by atoms with Gasteiger partial charge in [-0.05, 0) is 47.9 Å². The maximum absolute atomic E-state index is 13.2. The summed E-state index contributed by atoms with van der Waals surface area (Å²) in [5, 5.41) is 7.98. The molecule has 12 heteroatoms. The number of hydrogen-bond donors (Lipinski definition) is 3. The molecular formula is C23H24ClN3O6S2. The number of hydrogen-bond acceptors (Lipinski definition) is 6. The van der Waals surface area contributed by atoms with Gasteiger partial charge in [0.1, 0.15) is 16.7 Å². The van der Waals surface area contributed by atoms with Gasteiger partial charge in [-0.1, -0.05) is 54.1 Å². The van der Waals surface area contributed by atoms with Crippen molar-refractivity contribution in [2.45, 2.75) is 28.8 Å². The molecule has 4 N–H and O–H groups in total. The number of sulfonamides is 2. The van der Waals surface area contributed by atoms with Crippen molar-refractivity contribution >= 4 is 37.6 Å². The molecule has 1 atom stereocenters. The first kappa shape index (κ1) is 26.6. The average molecular weight is 538 g/mol. The maximum Gasteiger partial charge on any atom is 0.245 e. The third-order valence-electron chi connectivity index (χ3n) is 5.03. The Bertz CT molecular complexity index is 1400. The molecule has 186 valence electrons. The summed E-state index contributed by atoms with van der Waals surface area (Å²) < 4.78 is 56.8. The van der Waals surface area contributed by atoms with Crippen molar-refractivity contribution in [2.24, 2.45) is 5.14 Å². The molecule has 0 aliphatic rings. The van der Waals surface area contributed by atoms with Crippen molar-refractivity contribution in [2.75, 3.05) is 7.11 Å². The molecule has 0 aliphatic heterocycles. The lowest BCUT2D eigenvalue weighted by Gasteiger charge is -2.20. The lowest BCUT2D eigenvalue weighted by molar-refractivity contribution is -0.122. The minimum absolute atomic E-state index is 0.0389. The molecule has 0 saturated heterocycles. The zero-order valence-electron chi connectivity index (χ0n) is 18.6. The quantitative estimate of drug-likeness (QED) is 0.361. The predicted octanol–water partition coefficient (Wildman–Crippen LogP) is 2.20. The fraction of sp³-hybridized carbons (Fsp3) is 0.174. The third kappa shape index (κ3) is 7.26. The highest BCUT2D eigenvalue weighted by Gasteiger charge is 2.28. The van der Waals surface area contributed by atoms with Gasteiger partial charge < -0.3 is 10.1 Å². The summed E-state index contributed by atoms with van der Waals surface area (Å²) in [5.74, 6) is -0.496. The number of amides is 1.